The van der Waals surface area contributed by atoms with Gasteiger partial charge in [-0.1, -0.05) is 115 Å². The third-order valence-electron chi connectivity index (χ3n) is 9.68. The molecule has 0 radical (unpaired) electrons. The first-order valence-corrected chi connectivity index (χ1v) is 16.6. The molecule has 0 aliphatic heterocycles. The van der Waals surface area contributed by atoms with Crippen molar-refractivity contribution in [3.05, 3.63) is 176 Å². The summed E-state index contributed by atoms with van der Waals surface area (Å²) in [4.78, 5) is 2.35. The molecular formula is C46H29NO2. The number of benzene rings is 8. The monoisotopic (exact) mass is 627 g/mol. The topological polar surface area (TPSA) is 29.5 Å². The Morgan fingerprint density at radius 2 is 0.898 bits per heavy atom. The first-order valence-electron chi connectivity index (χ1n) is 16.6. The second-order valence-corrected chi connectivity index (χ2v) is 12.5. The highest BCUT2D eigenvalue weighted by atomic mass is 16.3. The van der Waals surface area contributed by atoms with Gasteiger partial charge in [0.15, 0.2) is 0 Å². The van der Waals surface area contributed by atoms with E-state index in [0.29, 0.717) is 0 Å². The van der Waals surface area contributed by atoms with Crippen molar-refractivity contribution in [1.29, 1.82) is 0 Å². The molecule has 2 heterocycles. The van der Waals surface area contributed by atoms with Gasteiger partial charge in [-0.15, -0.1) is 0 Å². The Bertz CT molecular complexity index is 2830. The molecule has 10 rings (SSSR count). The maximum Gasteiger partial charge on any atom is 0.136 e. The summed E-state index contributed by atoms with van der Waals surface area (Å²) in [6, 6.07) is 62.2. The van der Waals surface area contributed by atoms with E-state index in [1.807, 2.05) is 24.3 Å². The van der Waals surface area contributed by atoms with Crippen molar-refractivity contribution in [2.24, 2.45) is 0 Å². The van der Waals surface area contributed by atoms with Gasteiger partial charge < -0.3 is 13.7 Å². The third kappa shape index (κ3) is 4.51. The number of hydrogen-bond donors (Lipinski definition) is 0. The second kappa shape index (κ2) is 11.0. The highest BCUT2D eigenvalue weighted by Gasteiger charge is 2.20. The van der Waals surface area contributed by atoms with Crippen LogP contribution in [-0.4, -0.2) is 0 Å². The van der Waals surface area contributed by atoms with Gasteiger partial charge in [0, 0.05) is 38.5 Å². The molecule has 0 fully saturated rings. The van der Waals surface area contributed by atoms with Crippen molar-refractivity contribution in [2.45, 2.75) is 0 Å². The molecule has 0 saturated carbocycles. The molecule has 0 N–H and O–H groups in total. The Labute approximate surface area is 282 Å². The summed E-state index contributed by atoms with van der Waals surface area (Å²) in [5.74, 6) is 0. The summed E-state index contributed by atoms with van der Waals surface area (Å²) in [6.45, 7) is 0. The molecule has 2 aromatic heterocycles. The zero-order chi connectivity index (χ0) is 32.3. The largest absolute Gasteiger partial charge is 0.456 e. The molecule has 49 heavy (non-hydrogen) atoms. The zero-order valence-corrected chi connectivity index (χ0v) is 26.5. The predicted octanol–water partition coefficient (Wildman–Crippen LogP) is 13.4. The molecule has 0 aliphatic rings. The lowest BCUT2D eigenvalue weighted by molar-refractivity contribution is 0.668. The van der Waals surface area contributed by atoms with Crippen LogP contribution >= 0.6 is 0 Å². The third-order valence-corrected chi connectivity index (χ3v) is 9.68. The molecule has 10 aromatic rings. The van der Waals surface area contributed by atoms with Crippen molar-refractivity contribution in [3.8, 4) is 22.3 Å². The van der Waals surface area contributed by atoms with Gasteiger partial charge >= 0.3 is 0 Å². The van der Waals surface area contributed by atoms with Gasteiger partial charge in [0.25, 0.3) is 0 Å². The Morgan fingerprint density at radius 3 is 1.73 bits per heavy atom. The summed E-state index contributed by atoms with van der Waals surface area (Å²) in [5.41, 5.74) is 11.3. The van der Waals surface area contributed by atoms with Gasteiger partial charge in [-0.2, -0.15) is 0 Å². The summed E-state index contributed by atoms with van der Waals surface area (Å²) >= 11 is 0. The fourth-order valence-electron chi connectivity index (χ4n) is 7.35. The van der Waals surface area contributed by atoms with Crippen molar-refractivity contribution >= 4 is 71.7 Å². The van der Waals surface area contributed by atoms with E-state index in [2.05, 4.69) is 157 Å². The van der Waals surface area contributed by atoms with Crippen LogP contribution in [0.3, 0.4) is 0 Å². The second-order valence-electron chi connectivity index (χ2n) is 12.5. The molecule has 3 nitrogen and oxygen atoms in total. The molecule has 0 amide bonds. The van der Waals surface area contributed by atoms with Crippen LogP contribution in [0.2, 0.25) is 0 Å². The van der Waals surface area contributed by atoms with Crippen LogP contribution in [0.1, 0.15) is 0 Å². The molecule has 0 unspecified atom stereocenters. The Hall–Kier alpha value is -6.58. The van der Waals surface area contributed by atoms with Gasteiger partial charge in [-0.05, 0) is 88.1 Å². The van der Waals surface area contributed by atoms with E-state index in [9.17, 15) is 0 Å². The van der Waals surface area contributed by atoms with Gasteiger partial charge in [0.1, 0.15) is 22.3 Å². The van der Waals surface area contributed by atoms with Crippen LogP contribution in [0.15, 0.2) is 185 Å². The number of rotatable bonds is 5. The standard InChI is InChI=1S/C46H29NO2/c1-2-12-35-30(10-1)11-9-16-36(35)31-20-23-33(24-21-31)47(34-25-27-45-41(29-34)39-15-5-8-19-44(39)48-45)42-17-6-3-13-37(42)32-22-26-40-38-14-4-7-18-43(38)49-46(40)28-32/h1-29H. The van der Waals surface area contributed by atoms with Crippen LogP contribution in [0.25, 0.3) is 76.9 Å². The van der Waals surface area contributed by atoms with Gasteiger partial charge in [0.05, 0.1) is 5.69 Å². The molecule has 0 bridgehead atoms. The lowest BCUT2D eigenvalue weighted by Crippen LogP contribution is -2.11. The highest BCUT2D eigenvalue weighted by molar-refractivity contribution is 6.08. The Kier molecular flexibility index (Phi) is 6.18. The zero-order valence-electron chi connectivity index (χ0n) is 26.5. The summed E-state index contributed by atoms with van der Waals surface area (Å²) in [7, 11) is 0. The minimum atomic E-state index is 0.875. The SMILES string of the molecule is c1ccc(N(c2ccc(-c3cccc4ccccc34)cc2)c2ccc3oc4ccccc4c3c2)c(-c2ccc3c(c2)oc2ccccc23)c1. The first-order chi connectivity index (χ1) is 24.3. The van der Waals surface area contributed by atoms with E-state index < -0.39 is 0 Å². The number of nitrogens with zero attached hydrogens (tertiary/aromatic N) is 1. The first kappa shape index (κ1) is 27.5. The molecular weight excluding hydrogens is 599 g/mol. The van der Waals surface area contributed by atoms with E-state index in [-0.39, 0.29) is 0 Å². The molecule has 8 aromatic carbocycles. The Morgan fingerprint density at radius 1 is 0.327 bits per heavy atom. The number of fused-ring (bicyclic) bond motifs is 7. The van der Waals surface area contributed by atoms with E-state index in [1.54, 1.807) is 0 Å². The minimum absolute atomic E-state index is 0.875. The number of hydrogen-bond acceptors (Lipinski definition) is 3. The molecule has 230 valence electrons. The highest BCUT2D eigenvalue weighted by Crippen LogP contribution is 2.44. The molecule has 0 atom stereocenters. The normalized spacial score (nSPS) is 11.7. The van der Waals surface area contributed by atoms with Crippen LogP contribution in [0.4, 0.5) is 17.1 Å². The van der Waals surface area contributed by atoms with E-state index >= 15 is 0 Å². The number of anilines is 3. The smallest absolute Gasteiger partial charge is 0.136 e. The van der Waals surface area contributed by atoms with Crippen LogP contribution in [0, 0.1) is 0 Å². The number of furan rings is 2. The maximum atomic E-state index is 6.33. The van der Waals surface area contributed by atoms with Crippen molar-refractivity contribution < 1.29 is 8.83 Å². The molecule has 3 heteroatoms. The maximum absolute atomic E-state index is 6.33. The van der Waals surface area contributed by atoms with Crippen molar-refractivity contribution in [1.82, 2.24) is 0 Å². The summed E-state index contributed by atoms with van der Waals surface area (Å²) in [5, 5.41) is 6.93. The average molecular weight is 628 g/mol. The summed E-state index contributed by atoms with van der Waals surface area (Å²) in [6.07, 6.45) is 0. The quantitative estimate of drug-likeness (QED) is 0.190. The summed E-state index contributed by atoms with van der Waals surface area (Å²) < 4.78 is 12.6. The average Bonchev–Trinajstić information content (AvgIpc) is 3.73. The fraction of sp³-hybridized carbons (Fsp3) is 0. The van der Waals surface area contributed by atoms with Gasteiger partial charge in [0.2, 0.25) is 0 Å². The fourth-order valence-corrected chi connectivity index (χ4v) is 7.35. The molecule has 0 spiro atoms. The number of para-hydroxylation sites is 3. The van der Waals surface area contributed by atoms with Gasteiger partial charge in [-0.25, -0.2) is 0 Å². The van der Waals surface area contributed by atoms with Crippen molar-refractivity contribution in [3.63, 3.8) is 0 Å². The lowest BCUT2D eigenvalue weighted by atomic mass is 9.97. The van der Waals surface area contributed by atoms with Crippen LogP contribution < -0.4 is 4.90 Å². The minimum Gasteiger partial charge on any atom is -0.456 e. The van der Waals surface area contributed by atoms with Crippen molar-refractivity contribution in [2.75, 3.05) is 4.90 Å². The van der Waals surface area contributed by atoms with E-state index in [4.69, 9.17) is 8.83 Å². The lowest BCUT2D eigenvalue weighted by Gasteiger charge is -2.28. The van der Waals surface area contributed by atoms with E-state index in [1.165, 1.54) is 21.9 Å². The molecule has 0 aliphatic carbocycles. The molecule has 0 saturated heterocycles. The Balaban J connectivity index is 1.16. The van der Waals surface area contributed by atoms with Gasteiger partial charge in [-0.3, -0.25) is 0 Å². The predicted molar refractivity (Wildman–Crippen MR) is 204 cm³/mol. The van der Waals surface area contributed by atoms with Crippen LogP contribution in [-0.2, 0) is 0 Å². The van der Waals surface area contributed by atoms with Crippen LogP contribution in [0.5, 0.6) is 0 Å². The van der Waals surface area contributed by atoms with E-state index in [0.717, 1.165) is 72.1 Å².